The quantitative estimate of drug-likeness (QED) is 0.791. The Morgan fingerprint density at radius 1 is 1.44 bits per heavy atom. The number of benzene rings is 1. The highest BCUT2D eigenvalue weighted by Crippen LogP contribution is 2.19. The minimum Gasteiger partial charge on any atom is -0.399 e. The summed E-state index contributed by atoms with van der Waals surface area (Å²) in [4.78, 5) is 11.8. The molecule has 4 nitrogen and oxygen atoms in total. The third-order valence-corrected chi connectivity index (χ3v) is 3.34. The van der Waals surface area contributed by atoms with E-state index in [4.69, 9.17) is 10.5 Å². The van der Waals surface area contributed by atoms with E-state index in [1.165, 1.54) is 5.56 Å². The van der Waals surface area contributed by atoms with Crippen LogP contribution in [0.3, 0.4) is 0 Å². The van der Waals surface area contributed by atoms with Gasteiger partial charge in [0.25, 0.3) is 0 Å². The van der Waals surface area contributed by atoms with Crippen LogP contribution in [0.15, 0.2) is 24.3 Å². The van der Waals surface area contributed by atoms with E-state index in [1.54, 1.807) is 0 Å². The Labute approximate surface area is 108 Å². The van der Waals surface area contributed by atoms with Gasteiger partial charge in [-0.1, -0.05) is 19.1 Å². The Hall–Kier alpha value is -1.55. The normalized spacial score (nSPS) is 22.9. The second-order valence-corrected chi connectivity index (χ2v) is 4.84. The summed E-state index contributed by atoms with van der Waals surface area (Å²) in [6.45, 7) is 3.38. The maximum atomic E-state index is 11.8. The summed E-state index contributed by atoms with van der Waals surface area (Å²) in [5.41, 5.74) is 7.55. The molecule has 1 saturated heterocycles. The molecule has 0 aliphatic carbocycles. The van der Waals surface area contributed by atoms with Crippen LogP contribution in [0.25, 0.3) is 0 Å². The summed E-state index contributed by atoms with van der Waals surface area (Å²) < 4.78 is 5.42. The van der Waals surface area contributed by atoms with Crippen molar-refractivity contribution in [2.24, 2.45) is 5.92 Å². The van der Waals surface area contributed by atoms with Gasteiger partial charge >= 0.3 is 0 Å². The van der Waals surface area contributed by atoms with Crippen molar-refractivity contribution < 1.29 is 9.53 Å². The van der Waals surface area contributed by atoms with Gasteiger partial charge in [0.15, 0.2) is 0 Å². The van der Waals surface area contributed by atoms with Crippen molar-refractivity contribution in [1.29, 1.82) is 0 Å². The van der Waals surface area contributed by atoms with Crippen LogP contribution in [0.2, 0.25) is 0 Å². The van der Waals surface area contributed by atoms with Gasteiger partial charge in [0, 0.05) is 18.8 Å². The lowest BCUT2D eigenvalue weighted by atomic mass is 10.0. The van der Waals surface area contributed by atoms with Crippen molar-refractivity contribution in [3.05, 3.63) is 29.8 Å². The van der Waals surface area contributed by atoms with Gasteiger partial charge in [0.1, 0.15) is 6.10 Å². The van der Waals surface area contributed by atoms with Gasteiger partial charge in [-0.2, -0.15) is 0 Å². The summed E-state index contributed by atoms with van der Waals surface area (Å²) in [5.74, 6) is 0.331. The van der Waals surface area contributed by atoms with E-state index in [0.717, 1.165) is 18.5 Å². The van der Waals surface area contributed by atoms with Crippen LogP contribution in [0.1, 0.15) is 18.9 Å². The summed E-state index contributed by atoms with van der Waals surface area (Å²) >= 11 is 0. The number of anilines is 1. The smallest absolute Gasteiger partial charge is 0.249 e. The molecule has 0 saturated carbocycles. The van der Waals surface area contributed by atoms with Gasteiger partial charge in [-0.3, -0.25) is 4.79 Å². The number of nitrogens with two attached hydrogens (primary N) is 1. The standard InChI is InChI=1S/C14H20N2O2/c1-10-7-9-18-13(10)14(17)16-8-6-11-2-4-12(15)5-3-11/h2-5,10,13H,6-9,15H2,1H3,(H,16,17). The highest BCUT2D eigenvalue weighted by atomic mass is 16.5. The lowest BCUT2D eigenvalue weighted by Gasteiger charge is -2.14. The molecule has 4 heteroatoms. The van der Waals surface area contributed by atoms with E-state index in [0.29, 0.717) is 19.1 Å². The third kappa shape index (κ3) is 3.23. The summed E-state index contributed by atoms with van der Waals surface area (Å²) in [6, 6.07) is 7.71. The highest BCUT2D eigenvalue weighted by molar-refractivity contribution is 5.81. The second-order valence-electron chi connectivity index (χ2n) is 4.84. The van der Waals surface area contributed by atoms with Gasteiger partial charge in [-0.05, 0) is 36.5 Å². The summed E-state index contributed by atoms with van der Waals surface area (Å²) in [7, 11) is 0. The predicted molar refractivity (Wildman–Crippen MR) is 71.1 cm³/mol. The Morgan fingerprint density at radius 2 is 2.17 bits per heavy atom. The van der Waals surface area contributed by atoms with Crippen LogP contribution < -0.4 is 11.1 Å². The molecule has 1 aromatic rings. The molecule has 1 aliphatic heterocycles. The number of hydrogen-bond donors (Lipinski definition) is 2. The first-order valence-electron chi connectivity index (χ1n) is 6.40. The molecule has 0 spiro atoms. The summed E-state index contributed by atoms with van der Waals surface area (Å²) in [6.07, 6.45) is 1.51. The zero-order valence-corrected chi connectivity index (χ0v) is 10.7. The molecular formula is C14H20N2O2. The minimum absolute atomic E-state index is 0.00967. The molecule has 1 aliphatic rings. The van der Waals surface area contributed by atoms with Crippen LogP contribution in [0.5, 0.6) is 0 Å². The number of nitrogens with one attached hydrogen (secondary N) is 1. The Morgan fingerprint density at radius 3 is 2.78 bits per heavy atom. The van der Waals surface area contributed by atoms with E-state index in [-0.39, 0.29) is 12.0 Å². The molecule has 18 heavy (non-hydrogen) atoms. The number of carbonyl (C=O) groups excluding carboxylic acids is 1. The monoisotopic (exact) mass is 248 g/mol. The first-order chi connectivity index (χ1) is 8.66. The Bertz CT molecular complexity index is 403. The molecule has 1 aromatic carbocycles. The number of amides is 1. The lowest BCUT2D eigenvalue weighted by Crippen LogP contribution is -2.38. The fourth-order valence-corrected chi connectivity index (χ4v) is 2.15. The number of ether oxygens (including phenoxy) is 1. The van der Waals surface area contributed by atoms with E-state index in [1.807, 2.05) is 24.3 Å². The predicted octanol–water partition coefficient (Wildman–Crippen LogP) is 1.35. The van der Waals surface area contributed by atoms with Gasteiger partial charge in [-0.25, -0.2) is 0 Å². The highest BCUT2D eigenvalue weighted by Gasteiger charge is 2.30. The molecule has 0 radical (unpaired) electrons. The van der Waals surface area contributed by atoms with Crippen LogP contribution in [0, 0.1) is 5.92 Å². The van der Waals surface area contributed by atoms with Gasteiger partial charge in [0.2, 0.25) is 5.91 Å². The molecule has 3 N–H and O–H groups in total. The van der Waals surface area contributed by atoms with Crippen molar-refractivity contribution in [1.82, 2.24) is 5.32 Å². The van der Waals surface area contributed by atoms with Crippen LogP contribution in [0.4, 0.5) is 5.69 Å². The van der Waals surface area contributed by atoms with E-state index in [2.05, 4.69) is 12.2 Å². The number of carbonyl (C=O) groups is 1. The molecule has 0 bridgehead atoms. The maximum absolute atomic E-state index is 11.8. The van der Waals surface area contributed by atoms with E-state index >= 15 is 0 Å². The molecule has 1 fully saturated rings. The van der Waals surface area contributed by atoms with Gasteiger partial charge in [-0.15, -0.1) is 0 Å². The second kappa shape index (κ2) is 5.87. The average molecular weight is 248 g/mol. The molecule has 2 rings (SSSR count). The largest absolute Gasteiger partial charge is 0.399 e. The first-order valence-corrected chi connectivity index (χ1v) is 6.40. The molecule has 1 heterocycles. The fourth-order valence-electron chi connectivity index (χ4n) is 2.15. The minimum atomic E-state index is -0.267. The fraction of sp³-hybridized carbons (Fsp3) is 0.500. The molecule has 1 amide bonds. The van der Waals surface area contributed by atoms with Crippen molar-refractivity contribution >= 4 is 11.6 Å². The maximum Gasteiger partial charge on any atom is 0.249 e. The van der Waals surface area contributed by atoms with E-state index < -0.39 is 0 Å². The van der Waals surface area contributed by atoms with Gasteiger partial charge < -0.3 is 15.8 Å². The number of rotatable bonds is 4. The van der Waals surface area contributed by atoms with Crippen molar-refractivity contribution in [2.75, 3.05) is 18.9 Å². The molecule has 2 unspecified atom stereocenters. The zero-order valence-electron chi connectivity index (χ0n) is 10.7. The summed E-state index contributed by atoms with van der Waals surface area (Å²) in [5, 5.41) is 2.92. The molecule has 0 aromatic heterocycles. The lowest BCUT2D eigenvalue weighted by molar-refractivity contribution is -0.131. The van der Waals surface area contributed by atoms with Crippen LogP contribution in [-0.4, -0.2) is 25.2 Å². The Kier molecular flexibility index (Phi) is 4.20. The zero-order chi connectivity index (χ0) is 13.0. The number of nitrogen functional groups attached to an aromatic ring is 1. The average Bonchev–Trinajstić information content (AvgIpc) is 2.78. The van der Waals surface area contributed by atoms with Crippen molar-refractivity contribution in [2.45, 2.75) is 25.9 Å². The van der Waals surface area contributed by atoms with Crippen LogP contribution >= 0.6 is 0 Å². The molecule has 2 atom stereocenters. The SMILES string of the molecule is CC1CCOC1C(=O)NCCc1ccc(N)cc1. The molecule has 98 valence electrons. The van der Waals surface area contributed by atoms with E-state index in [9.17, 15) is 4.79 Å². The number of hydrogen-bond acceptors (Lipinski definition) is 3. The first kappa shape index (κ1) is 12.9. The molecular weight excluding hydrogens is 228 g/mol. The van der Waals surface area contributed by atoms with Crippen molar-refractivity contribution in [3.8, 4) is 0 Å². The van der Waals surface area contributed by atoms with Crippen LogP contribution in [-0.2, 0) is 16.0 Å². The Balaban J connectivity index is 1.75. The van der Waals surface area contributed by atoms with Gasteiger partial charge in [0.05, 0.1) is 0 Å². The third-order valence-electron chi connectivity index (χ3n) is 3.34. The van der Waals surface area contributed by atoms with Crippen molar-refractivity contribution in [3.63, 3.8) is 0 Å². The topological polar surface area (TPSA) is 64.3 Å².